The number of aryl methyl sites for hydroxylation is 2. The van der Waals surface area contributed by atoms with Crippen LogP contribution in [0.25, 0.3) is 0 Å². The fourth-order valence-electron chi connectivity index (χ4n) is 1.87. The zero-order valence-corrected chi connectivity index (χ0v) is 10.9. The lowest BCUT2D eigenvalue weighted by Gasteiger charge is -2.34. The highest BCUT2D eigenvalue weighted by Gasteiger charge is 2.36. The van der Waals surface area contributed by atoms with Gasteiger partial charge in [-0.25, -0.2) is 13.4 Å². The summed E-state index contributed by atoms with van der Waals surface area (Å²) in [5, 5.41) is 0.135. The Labute approximate surface area is 101 Å². The van der Waals surface area contributed by atoms with Crippen molar-refractivity contribution in [2.75, 3.05) is 13.1 Å². The molecule has 2 N–H and O–H groups in total. The molecule has 0 radical (unpaired) electrons. The first-order chi connectivity index (χ1) is 7.95. The van der Waals surface area contributed by atoms with Crippen LogP contribution in [0.4, 0.5) is 0 Å². The first kappa shape index (κ1) is 12.5. The number of hydrogen-bond acceptors (Lipinski definition) is 4. The van der Waals surface area contributed by atoms with E-state index in [4.69, 9.17) is 5.73 Å². The molecule has 1 aliphatic rings. The molecule has 96 valence electrons. The molecule has 0 spiro atoms. The second kappa shape index (κ2) is 4.40. The van der Waals surface area contributed by atoms with Crippen molar-refractivity contribution in [3.05, 3.63) is 12.0 Å². The lowest BCUT2D eigenvalue weighted by atomic mass is 10.2. The zero-order valence-electron chi connectivity index (χ0n) is 10.1. The zero-order chi connectivity index (χ0) is 12.6. The van der Waals surface area contributed by atoms with Crippen molar-refractivity contribution in [3.8, 4) is 0 Å². The van der Waals surface area contributed by atoms with E-state index in [0.29, 0.717) is 13.1 Å². The smallest absolute Gasteiger partial charge is 0.262 e. The third kappa shape index (κ3) is 2.22. The van der Waals surface area contributed by atoms with Gasteiger partial charge >= 0.3 is 0 Å². The molecule has 6 nitrogen and oxygen atoms in total. The predicted molar refractivity (Wildman–Crippen MR) is 64.0 cm³/mol. The summed E-state index contributed by atoms with van der Waals surface area (Å²) in [6, 6.07) is -0.0383. The number of imidazole rings is 1. The van der Waals surface area contributed by atoms with Gasteiger partial charge in [0.2, 0.25) is 0 Å². The molecule has 0 aromatic carbocycles. The summed E-state index contributed by atoms with van der Waals surface area (Å²) in [5.74, 6) is 0.732. The van der Waals surface area contributed by atoms with Crippen molar-refractivity contribution in [2.45, 2.75) is 37.9 Å². The average Bonchev–Trinajstić information content (AvgIpc) is 2.57. The third-order valence-corrected chi connectivity index (χ3v) is 4.60. The first-order valence-electron chi connectivity index (χ1n) is 5.74. The summed E-state index contributed by atoms with van der Waals surface area (Å²) in [6.07, 6.45) is 2.56. The molecule has 0 atom stereocenters. The number of hydrogen-bond donors (Lipinski definition) is 1. The van der Waals surface area contributed by atoms with E-state index < -0.39 is 10.0 Å². The lowest BCUT2D eigenvalue weighted by molar-refractivity contribution is 0.265. The van der Waals surface area contributed by atoms with Crippen LogP contribution in [-0.2, 0) is 16.6 Å². The first-order valence-corrected chi connectivity index (χ1v) is 7.18. The lowest BCUT2D eigenvalue weighted by Crippen LogP contribution is -2.57. The van der Waals surface area contributed by atoms with Crippen molar-refractivity contribution in [3.63, 3.8) is 0 Å². The summed E-state index contributed by atoms with van der Waals surface area (Å²) in [7, 11) is -3.43. The summed E-state index contributed by atoms with van der Waals surface area (Å²) in [5.41, 5.74) is 5.59. The van der Waals surface area contributed by atoms with Gasteiger partial charge in [0.05, 0.1) is 0 Å². The van der Waals surface area contributed by atoms with Crippen LogP contribution in [0.3, 0.4) is 0 Å². The molecular formula is C10H18N4O2S. The van der Waals surface area contributed by atoms with E-state index in [1.807, 2.05) is 18.4 Å². The van der Waals surface area contributed by atoms with Gasteiger partial charge in [0.1, 0.15) is 5.82 Å². The van der Waals surface area contributed by atoms with Gasteiger partial charge in [0.15, 0.2) is 5.03 Å². The number of nitrogens with zero attached hydrogens (tertiary/aromatic N) is 3. The molecule has 0 aliphatic carbocycles. The fraction of sp³-hybridized carbons (Fsp3) is 0.700. The van der Waals surface area contributed by atoms with Gasteiger partial charge < -0.3 is 10.3 Å². The Hall–Kier alpha value is -0.920. The quantitative estimate of drug-likeness (QED) is 0.820. The van der Waals surface area contributed by atoms with E-state index in [1.165, 1.54) is 4.31 Å². The Morgan fingerprint density at radius 1 is 1.53 bits per heavy atom. The monoisotopic (exact) mass is 258 g/mol. The molecular weight excluding hydrogens is 240 g/mol. The maximum Gasteiger partial charge on any atom is 0.262 e. The minimum Gasteiger partial charge on any atom is -0.334 e. The highest BCUT2D eigenvalue weighted by atomic mass is 32.2. The van der Waals surface area contributed by atoms with Gasteiger partial charge in [0.25, 0.3) is 10.0 Å². The molecule has 1 aromatic rings. The molecule has 17 heavy (non-hydrogen) atoms. The van der Waals surface area contributed by atoms with Crippen LogP contribution in [0.5, 0.6) is 0 Å². The van der Waals surface area contributed by atoms with Crippen LogP contribution >= 0.6 is 0 Å². The molecule has 2 heterocycles. The van der Waals surface area contributed by atoms with Crippen molar-refractivity contribution < 1.29 is 8.42 Å². The molecule has 0 unspecified atom stereocenters. The van der Waals surface area contributed by atoms with Crippen LogP contribution in [0.15, 0.2) is 11.2 Å². The van der Waals surface area contributed by atoms with Crippen LogP contribution < -0.4 is 5.73 Å². The van der Waals surface area contributed by atoms with Crippen LogP contribution in [0.2, 0.25) is 0 Å². The summed E-state index contributed by atoms with van der Waals surface area (Å²) < 4.78 is 27.5. The Kier molecular flexibility index (Phi) is 3.24. The number of aromatic nitrogens is 2. The standard InChI is InChI=1S/C10H18N4O2S/c1-3-4-13-7-10(12-8(13)2)17(15,16)14-5-9(11)6-14/h7,9H,3-6,11H2,1-2H3. The maximum atomic E-state index is 12.1. The third-order valence-electron chi connectivity index (χ3n) is 2.90. The number of nitrogens with two attached hydrogens (primary N) is 1. The predicted octanol–water partition coefficient (Wildman–Crippen LogP) is -0.0669. The van der Waals surface area contributed by atoms with Crippen LogP contribution in [0.1, 0.15) is 19.2 Å². The van der Waals surface area contributed by atoms with Crippen molar-refractivity contribution in [1.29, 1.82) is 0 Å². The molecule has 0 saturated carbocycles. The topological polar surface area (TPSA) is 81.2 Å². The van der Waals surface area contributed by atoms with Crippen molar-refractivity contribution >= 4 is 10.0 Å². The van der Waals surface area contributed by atoms with Gasteiger partial charge in [-0.05, 0) is 13.3 Å². The molecule has 0 amide bonds. The summed E-state index contributed by atoms with van der Waals surface area (Å²) in [4.78, 5) is 4.12. The summed E-state index contributed by atoms with van der Waals surface area (Å²) >= 11 is 0. The van der Waals surface area contributed by atoms with Gasteiger partial charge in [-0.3, -0.25) is 0 Å². The van der Waals surface area contributed by atoms with E-state index in [2.05, 4.69) is 4.98 Å². The Balaban J connectivity index is 2.24. The van der Waals surface area contributed by atoms with E-state index in [9.17, 15) is 8.42 Å². The van der Waals surface area contributed by atoms with Crippen molar-refractivity contribution in [2.24, 2.45) is 5.73 Å². The van der Waals surface area contributed by atoms with E-state index >= 15 is 0 Å². The maximum absolute atomic E-state index is 12.1. The van der Waals surface area contributed by atoms with Crippen molar-refractivity contribution in [1.82, 2.24) is 13.9 Å². The molecule has 1 fully saturated rings. The molecule has 1 aliphatic heterocycles. The number of rotatable bonds is 4. The SMILES string of the molecule is CCCn1cc(S(=O)(=O)N2CC(N)C2)nc1C. The van der Waals surface area contributed by atoms with E-state index in [-0.39, 0.29) is 11.1 Å². The van der Waals surface area contributed by atoms with Gasteiger partial charge in [-0.1, -0.05) is 6.92 Å². The molecule has 7 heteroatoms. The molecule has 1 saturated heterocycles. The minimum atomic E-state index is -3.43. The Morgan fingerprint density at radius 2 is 2.18 bits per heavy atom. The Bertz CT molecular complexity index is 502. The van der Waals surface area contributed by atoms with E-state index in [0.717, 1.165) is 18.8 Å². The highest BCUT2D eigenvalue weighted by molar-refractivity contribution is 7.89. The van der Waals surface area contributed by atoms with Gasteiger partial charge in [-0.2, -0.15) is 4.31 Å². The second-order valence-electron chi connectivity index (χ2n) is 4.40. The molecule has 0 bridgehead atoms. The normalized spacial score (nSPS) is 18.3. The molecule has 2 rings (SSSR count). The fourth-order valence-corrected chi connectivity index (χ4v) is 3.42. The highest BCUT2D eigenvalue weighted by Crippen LogP contribution is 2.20. The minimum absolute atomic E-state index is 0.0383. The van der Waals surface area contributed by atoms with Gasteiger partial charge in [-0.15, -0.1) is 0 Å². The molecule has 1 aromatic heterocycles. The Morgan fingerprint density at radius 3 is 2.71 bits per heavy atom. The average molecular weight is 258 g/mol. The largest absolute Gasteiger partial charge is 0.334 e. The second-order valence-corrected chi connectivity index (χ2v) is 6.29. The van der Waals surface area contributed by atoms with Crippen LogP contribution in [-0.4, -0.2) is 41.4 Å². The van der Waals surface area contributed by atoms with Crippen LogP contribution in [0, 0.1) is 6.92 Å². The van der Waals surface area contributed by atoms with E-state index in [1.54, 1.807) is 6.20 Å². The number of sulfonamides is 1. The summed E-state index contributed by atoms with van der Waals surface area (Å²) in [6.45, 7) is 5.43. The van der Waals surface area contributed by atoms with Gasteiger partial charge in [0, 0.05) is 31.9 Å².